The van der Waals surface area contributed by atoms with Crippen LogP contribution in [0, 0.1) is 51.2 Å². The summed E-state index contributed by atoms with van der Waals surface area (Å²) in [4.78, 5) is 43.1. The van der Waals surface area contributed by atoms with Crippen molar-refractivity contribution < 1.29 is 91.5 Å². The van der Waals surface area contributed by atoms with E-state index in [9.17, 15) is 19.5 Å². The number of nitrogens with zero attached hydrogens (tertiary/aromatic N) is 2. The van der Waals surface area contributed by atoms with Crippen LogP contribution in [-0.2, 0) is 35.4 Å². The summed E-state index contributed by atoms with van der Waals surface area (Å²) in [6, 6.07) is 7.20. The predicted molar refractivity (Wildman–Crippen MR) is 273 cm³/mol. The number of aldehydes is 1. The average Bonchev–Trinajstić information content (AvgIpc) is 3.12. The molecule has 1 aromatic rings. The molecule has 0 heterocycles. The van der Waals surface area contributed by atoms with Gasteiger partial charge in [0.25, 0.3) is 3.79 Å². The van der Waals surface area contributed by atoms with Crippen molar-refractivity contribution in [2.24, 2.45) is 45.8 Å². The second kappa shape index (κ2) is 37.2. The Morgan fingerprint density at radius 2 is 1.10 bits per heavy atom. The fourth-order valence-corrected chi connectivity index (χ4v) is 5.26. The molecule has 6 atom stereocenters. The van der Waals surface area contributed by atoms with Crippen molar-refractivity contribution in [3.8, 4) is 5.75 Å². The second-order valence-corrected chi connectivity index (χ2v) is 21.6. The summed E-state index contributed by atoms with van der Waals surface area (Å²) >= 11 is 16.4. The molecule has 0 spiro atoms. The molecule has 2 N–H and O–H groups in total. The van der Waals surface area contributed by atoms with E-state index in [0.717, 1.165) is 30.4 Å². The number of alkyl halides is 3. The number of methoxy groups -OCH3 is 1. The summed E-state index contributed by atoms with van der Waals surface area (Å²) in [6.45, 7) is 30.4. The number of carbonyl (C=O) groups is 3. The Balaban J connectivity index is -0.000000133. The van der Waals surface area contributed by atoms with Gasteiger partial charge < -0.3 is 20.8 Å². The van der Waals surface area contributed by atoms with E-state index >= 15 is 0 Å². The van der Waals surface area contributed by atoms with Gasteiger partial charge in [0.2, 0.25) is 17.7 Å². The van der Waals surface area contributed by atoms with Gasteiger partial charge in [-0.15, -0.1) is 24.0 Å². The topological polar surface area (TPSA) is 139 Å². The largest absolute Gasteiger partial charge is 1.00 e. The average molecular weight is 1100 g/mol. The third kappa shape index (κ3) is 38.8. The van der Waals surface area contributed by atoms with Crippen molar-refractivity contribution >= 4 is 82.8 Å². The van der Waals surface area contributed by atoms with E-state index < -0.39 is 9.69 Å². The van der Waals surface area contributed by atoms with Crippen LogP contribution in [0.15, 0.2) is 24.3 Å². The molecule has 370 valence electrons. The van der Waals surface area contributed by atoms with Crippen molar-refractivity contribution in [2.75, 3.05) is 35.4 Å². The molecule has 0 fully saturated rings. The number of benzene rings is 1. The number of hydroxylamine groups is 4. The first-order valence-electron chi connectivity index (χ1n) is 20.8. The van der Waals surface area contributed by atoms with Gasteiger partial charge in [-0.1, -0.05) is 151 Å². The van der Waals surface area contributed by atoms with Gasteiger partial charge in [0.15, 0.2) is 0 Å². The number of aliphatic hydroxyl groups excluding tert-OH is 1. The normalized spacial score (nSPS) is 14.0. The Labute approximate surface area is 461 Å². The van der Waals surface area contributed by atoms with Crippen molar-refractivity contribution in [3.63, 3.8) is 0 Å². The zero-order valence-corrected chi connectivity index (χ0v) is 49.8. The maximum absolute atomic E-state index is 11.6. The van der Waals surface area contributed by atoms with Crippen LogP contribution in [0.25, 0.3) is 0 Å². The molecule has 0 unspecified atom stereocenters. The van der Waals surface area contributed by atoms with E-state index in [1.54, 1.807) is 33.3 Å². The molecule has 1 rings (SSSR count). The van der Waals surface area contributed by atoms with Gasteiger partial charge in [-0.05, 0) is 82.8 Å². The van der Waals surface area contributed by atoms with E-state index in [4.69, 9.17) is 59.4 Å². The van der Waals surface area contributed by atoms with Gasteiger partial charge in [-0.2, -0.15) is 0 Å². The molecular weight excluding hydrogens is 1010 g/mol. The molecule has 0 radical (unpaired) electrons. The van der Waals surface area contributed by atoms with E-state index in [-0.39, 0.29) is 120 Å². The minimum absolute atomic E-state index is 0. The third-order valence-electron chi connectivity index (χ3n) is 10.7. The number of hydrogen-bond acceptors (Lipinski definition) is 9. The van der Waals surface area contributed by atoms with Crippen LogP contribution in [0.1, 0.15) is 150 Å². The first-order chi connectivity index (χ1) is 27.2. The predicted octanol–water partition coefficient (Wildman–Crippen LogP) is 10.1. The van der Waals surface area contributed by atoms with Crippen LogP contribution in [0.3, 0.4) is 0 Å². The van der Waals surface area contributed by atoms with Crippen LogP contribution in [-0.4, -0.2) is 84.6 Å². The fourth-order valence-electron chi connectivity index (χ4n) is 5.09. The van der Waals surface area contributed by atoms with Gasteiger partial charge in [0, 0.05) is 33.4 Å². The number of carbonyl (C=O) groups excluding carboxylic acids is 3. The van der Waals surface area contributed by atoms with E-state index in [1.165, 1.54) is 24.3 Å². The van der Waals surface area contributed by atoms with Gasteiger partial charge in [0.1, 0.15) is 18.6 Å². The first-order valence-corrected chi connectivity index (χ1v) is 21.9. The zero-order chi connectivity index (χ0) is 47.8. The van der Waals surface area contributed by atoms with Crippen LogP contribution >= 0.6 is 58.8 Å². The SMILES string of the molecule is C.CON(C)C(=O)C[C@H](C)C[C@H](C)C(C)(C)C.CON(C)C(=O)C[C@H](C)C[C@H](O)C(C)(C)C.COc1ccc(COC(=N)C(Cl)(Cl)Cl)cc1.C[C@@H](CC=O)C[C@H](C)C(C)(C)C.I.[H-].[K+]. The van der Waals surface area contributed by atoms with Crippen LogP contribution in [0.2, 0.25) is 0 Å². The first kappa shape index (κ1) is 74.7. The Bertz CT molecular complexity index is 1310. The van der Waals surface area contributed by atoms with E-state index in [1.807, 2.05) is 39.8 Å². The number of nitrogens with one attached hydrogen (secondary N) is 1. The molecule has 0 aliphatic carbocycles. The molecule has 0 saturated heterocycles. The van der Waals surface area contributed by atoms with Crippen molar-refractivity contribution in [2.45, 2.75) is 159 Å². The maximum atomic E-state index is 11.6. The van der Waals surface area contributed by atoms with Crippen molar-refractivity contribution in [1.29, 1.82) is 5.41 Å². The molecule has 16 heteroatoms. The molecule has 0 bridgehead atoms. The fraction of sp³-hybridized carbons (Fsp3) is 0.787. The van der Waals surface area contributed by atoms with Crippen LogP contribution in [0.4, 0.5) is 0 Å². The molecule has 0 aliphatic heterocycles. The minimum atomic E-state index is -1.81. The molecule has 11 nitrogen and oxygen atoms in total. The van der Waals surface area contributed by atoms with Crippen LogP contribution < -0.4 is 56.1 Å². The molecule has 1 aromatic carbocycles. The number of halogens is 4. The van der Waals surface area contributed by atoms with Gasteiger partial charge in [-0.25, -0.2) is 10.1 Å². The Morgan fingerprint density at radius 3 is 1.40 bits per heavy atom. The summed E-state index contributed by atoms with van der Waals surface area (Å²) in [7, 11) is 7.81. The van der Waals surface area contributed by atoms with Crippen LogP contribution in [0.5, 0.6) is 5.75 Å². The number of hydrogen-bond donors (Lipinski definition) is 2. The molecule has 0 aromatic heterocycles. The molecule has 0 saturated carbocycles. The monoisotopic (exact) mass is 1100 g/mol. The molecule has 63 heavy (non-hydrogen) atoms. The van der Waals surface area contributed by atoms with Crippen molar-refractivity contribution in [1.82, 2.24) is 10.1 Å². The number of amides is 2. The van der Waals surface area contributed by atoms with Gasteiger partial charge in [0.05, 0.1) is 27.4 Å². The maximum Gasteiger partial charge on any atom is 1.00 e. The zero-order valence-electron chi connectivity index (χ0n) is 43.0. The Kier molecular flexibility index (Phi) is 44.1. The molecule has 0 aliphatic rings. The smallest absolute Gasteiger partial charge is 1.00 e. The second-order valence-electron chi connectivity index (χ2n) is 19.4. The Hall–Kier alpha value is 0.216. The number of aliphatic hydroxyl groups is 1. The quantitative estimate of drug-likeness (QED) is 0.0299. The molecular formula is C47H90Cl3IKN3O8. The number of ether oxygens (including phenoxy) is 2. The van der Waals surface area contributed by atoms with Gasteiger partial charge in [-0.3, -0.25) is 24.7 Å². The summed E-state index contributed by atoms with van der Waals surface area (Å²) in [5.74, 6) is 2.74. The minimum Gasteiger partial charge on any atom is -1.00 e. The summed E-state index contributed by atoms with van der Waals surface area (Å²) < 4.78 is 8.20. The Morgan fingerprint density at radius 1 is 0.730 bits per heavy atom. The van der Waals surface area contributed by atoms with Gasteiger partial charge >= 0.3 is 51.4 Å². The van der Waals surface area contributed by atoms with E-state index in [0.29, 0.717) is 60.2 Å². The molecule has 2 amide bonds. The summed E-state index contributed by atoms with van der Waals surface area (Å²) in [5.41, 5.74) is 1.41. The van der Waals surface area contributed by atoms with Crippen molar-refractivity contribution in [3.05, 3.63) is 29.8 Å². The summed E-state index contributed by atoms with van der Waals surface area (Å²) in [5, 5.41) is 19.8. The standard InChI is InChI=1S/C13H27NO2.C12H25NO3.C11H22O.C10H10Cl3NO2.CH4.HI.K.H/c1-10(8-11(2)13(3,4)5)9-12(15)14(6)16-7;1-9(7-10(14)12(2,3)4)8-11(15)13(5)16-6;1-9(6-7-12)8-10(2)11(3,4)5;1-15-8-4-2-7(3-5-8)6-16-9(14)10(11,12)13;;;;/h10-11H,8-9H2,1-7H3;9-10,14H,7-8H2,1-6H3;7,9-10H,6,8H2,1-5H3;2-5,14H,6H2,1H3;1H4;1H;;/q;;;;;;+1;-1/t10-,11+;9-,10+;9-,10-;;;;;/m110...../s1. The third-order valence-corrected chi connectivity index (χ3v) is 11.2. The summed E-state index contributed by atoms with van der Waals surface area (Å²) in [6.07, 6.45) is 5.17. The van der Waals surface area contributed by atoms with E-state index in [2.05, 4.69) is 69.2 Å². The number of rotatable bonds is 17.